The average molecular weight is 521 g/mol. The molecule has 0 spiro atoms. The van der Waals surface area contributed by atoms with Crippen LogP contribution in [-0.2, 0) is 11.2 Å². The van der Waals surface area contributed by atoms with Gasteiger partial charge in [0, 0.05) is 17.5 Å². The molecule has 4 amide bonds. The van der Waals surface area contributed by atoms with Crippen molar-refractivity contribution in [3.63, 3.8) is 0 Å². The zero-order chi connectivity index (χ0) is 27.6. The van der Waals surface area contributed by atoms with Crippen LogP contribution in [-0.4, -0.2) is 29.7 Å². The van der Waals surface area contributed by atoms with E-state index in [4.69, 9.17) is 0 Å². The van der Waals surface area contributed by atoms with Crippen molar-refractivity contribution < 1.29 is 19.2 Å². The SMILES string of the molecule is Cc1ccccc1C(=O)NNC(=O)[C@H](Cc1ccccc1)NC(=O)c1ccccc1NC(=O)c1ccccc1. The molecule has 4 aromatic carbocycles. The van der Waals surface area contributed by atoms with Crippen LogP contribution in [0.15, 0.2) is 109 Å². The first-order chi connectivity index (χ1) is 18.9. The molecule has 4 N–H and O–H groups in total. The molecule has 196 valence electrons. The number of aryl methyl sites for hydroxylation is 1. The van der Waals surface area contributed by atoms with Crippen LogP contribution in [0.2, 0.25) is 0 Å². The number of amides is 4. The van der Waals surface area contributed by atoms with Gasteiger partial charge in [0.1, 0.15) is 6.04 Å². The van der Waals surface area contributed by atoms with Gasteiger partial charge in [-0.3, -0.25) is 30.0 Å². The van der Waals surface area contributed by atoms with E-state index in [-0.39, 0.29) is 17.9 Å². The Morgan fingerprint density at radius 1 is 0.615 bits per heavy atom. The summed E-state index contributed by atoms with van der Waals surface area (Å²) >= 11 is 0. The lowest BCUT2D eigenvalue weighted by molar-refractivity contribution is -0.123. The maximum atomic E-state index is 13.4. The highest BCUT2D eigenvalue weighted by Crippen LogP contribution is 2.17. The molecule has 4 rings (SSSR count). The van der Waals surface area contributed by atoms with Crippen molar-refractivity contribution in [3.8, 4) is 0 Å². The molecule has 0 fully saturated rings. The Kier molecular flexibility index (Phi) is 8.82. The number of para-hydroxylation sites is 1. The van der Waals surface area contributed by atoms with Crippen molar-refractivity contribution in [1.29, 1.82) is 0 Å². The molecule has 0 heterocycles. The first-order valence-electron chi connectivity index (χ1n) is 12.4. The first-order valence-corrected chi connectivity index (χ1v) is 12.4. The van der Waals surface area contributed by atoms with Crippen molar-refractivity contribution in [2.45, 2.75) is 19.4 Å². The number of anilines is 1. The predicted octanol–water partition coefficient (Wildman–Crippen LogP) is 4.05. The molecule has 0 radical (unpaired) electrons. The molecule has 0 aromatic heterocycles. The molecule has 0 saturated carbocycles. The molecule has 0 saturated heterocycles. The summed E-state index contributed by atoms with van der Waals surface area (Å²) < 4.78 is 0. The van der Waals surface area contributed by atoms with Gasteiger partial charge in [-0.15, -0.1) is 0 Å². The number of nitrogens with one attached hydrogen (secondary N) is 4. The fourth-order valence-electron chi connectivity index (χ4n) is 3.97. The molecular formula is C31H28N4O4. The second-order valence-electron chi connectivity index (χ2n) is 8.84. The van der Waals surface area contributed by atoms with Crippen LogP contribution >= 0.6 is 0 Å². The Labute approximate surface area is 226 Å². The molecule has 8 nitrogen and oxygen atoms in total. The van der Waals surface area contributed by atoms with E-state index in [1.165, 1.54) is 0 Å². The third kappa shape index (κ3) is 7.17. The van der Waals surface area contributed by atoms with E-state index < -0.39 is 23.8 Å². The van der Waals surface area contributed by atoms with Crippen LogP contribution in [0.25, 0.3) is 0 Å². The Morgan fingerprint density at radius 3 is 1.90 bits per heavy atom. The molecule has 0 bridgehead atoms. The van der Waals surface area contributed by atoms with Gasteiger partial charge < -0.3 is 10.6 Å². The largest absolute Gasteiger partial charge is 0.340 e. The third-order valence-electron chi connectivity index (χ3n) is 6.05. The number of carbonyl (C=O) groups excluding carboxylic acids is 4. The minimum Gasteiger partial charge on any atom is -0.340 e. The van der Waals surface area contributed by atoms with E-state index in [9.17, 15) is 19.2 Å². The van der Waals surface area contributed by atoms with E-state index >= 15 is 0 Å². The minimum atomic E-state index is -1.02. The van der Waals surface area contributed by atoms with E-state index in [0.29, 0.717) is 16.8 Å². The number of carbonyl (C=O) groups is 4. The Bertz CT molecular complexity index is 1470. The molecule has 8 heteroatoms. The maximum Gasteiger partial charge on any atom is 0.269 e. The number of hydrazine groups is 1. The topological polar surface area (TPSA) is 116 Å². The lowest BCUT2D eigenvalue weighted by atomic mass is 10.0. The number of rotatable bonds is 8. The lowest BCUT2D eigenvalue weighted by Crippen LogP contribution is -2.53. The monoisotopic (exact) mass is 520 g/mol. The zero-order valence-electron chi connectivity index (χ0n) is 21.3. The Balaban J connectivity index is 1.50. The molecule has 39 heavy (non-hydrogen) atoms. The summed E-state index contributed by atoms with van der Waals surface area (Å²) in [5.41, 5.74) is 7.79. The van der Waals surface area contributed by atoms with Crippen LogP contribution in [0.1, 0.15) is 42.2 Å². The standard InChI is InChI=1S/C31H28N4O4/c1-21-12-8-9-17-24(21)30(38)34-35-31(39)27(20-22-13-4-2-5-14-22)33-29(37)25-18-10-11-19-26(25)32-28(36)23-15-6-3-7-16-23/h2-19,27H,20H2,1H3,(H,32,36)(H,33,37)(H,34,38)(H,35,39)/t27-/m0/s1. The summed E-state index contributed by atoms with van der Waals surface area (Å²) in [7, 11) is 0. The Morgan fingerprint density at radius 2 is 1.21 bits per heavy atom. The van der Waals surface area contributed by atoms with Crippen molar-refractivity contribution in [3.05, 3.63) is 137 Å². The van der Waals surface area contributed by atoms with Gasteiger partial charge in [-0.25, -0.2) is 0 Å². The summed E-state index contributed by atoms with van der Waals surface area (Å²) in [4.78, 5) is 51.8. The van der Waals surface area contributed by atoms with Crippen LogP contribution in [0.4, 0.5) is 5.69 Å². The van der Waals surface area contributed by atoms with E-state index in [1.54, 1.807) is 79.7 Å². The van der Waals surface area contributed by atoms with E-state index in [2.05, 4.69) is 21.5 Å². The van der Waals surface area contributed by atoms with Gasteiger partial charge in [0.25, 0.3) is 23.6 Å². The summed E-state index contributed by atoms with van der Waals surface area (Å²) in [5.74, 6) is -1.99. The van der Waals surface area contributed by atoms with Gasteiger partial charge in [-0.05, 0) is 48.4 Å². The summed E-state index contributed by atoms with van der Waals surface area (Å²) in [6.07, 6.45) is 0.178. The van der Waals surface area contributed by atoms with Gasteiger partial charge >= 0.3 is 0 Å². The molecule has 0 aliphatic carbocycles. The zero-order valence-corrected chi connectivity index (χ0v) is 21.3. The van der Waals surface area contributed by atoms with Crippen LogP contribution in [0, 0.1) is 6.92 Å². The molecule has 4 aromatic rings. The second kappa shape index (κ2) is 12.8. The van der Waals surface area contributed by atoms with Crippen LogP contribution in [0.5, 0.6) is 0 Å². The van der Waals surface area contributed by atoms with Gasteiger partial charge in [-0.1, -0.05) is 78.9 Å². The molecule has 1 atom stereocenters. The summed E-state index contributed by atoms with van der Waals surface area (Å²) in [6.45, 7) is 1.79. The Hall–Kier alpha value is -5.24. The van der Waals surface area contributed by atoms with Crippen molar-refractivity contribution in [2.75, 3.05) is 5.32 Å². The van der Waals surface area contributed by atoms with Crippen molar-refractivity contribution in [1.82, 2.24) is 16.2 Å². The normalized spacial score (nSPS) is 11.1. The van der Waals surface area contributed by atoms with Crippen LogP contribution < -0.4 is 21.5 Å². The highest BCUT2D eigenvalue weighted by molar-refractivity contribution is 6.09. The molecule has 0 unspecified atom stereocenters. The number of benzene rings is 4. The highest BCUT2D eigenvalue weighted by Gasteiger charge is 2.24. The predicted molar refractivity (Wildman–Crippen MR) is 149 cm³/mol. The van der Waals surface area contributed by atoms with Crippen LogP contribution in [0.3, 0.4) is 0 Å². The first kappa shape index (κ1) is 26.8. The van der Waals surface area contributed by atoms with E-state index in [0.717, 1.165) is 11.1 Å². The minimum absolute atomic E-state index is 0.178. The fraction of sp³-hybridized carbons (Fsp3) is 0.0968. The number of hydrogen-bond donors (Lipinski definition) is 4. The van der Waals surface area contributed by atoms with Gasteiger partial charge in [-0.2, -0.15) is 0 Å². The fourth-order valence-corrected chi connectivity index (χ4v) is 3.97. The average Bonchev–Trinajstić information content (AvgIpc) is 2.97. The summed E-state index contributed by atoms with van der Waals surface area (Å²) in [5, 5.41) is 5.52. The van der Waals surface area contributed by atoms with Gasteiger partial charge in [0.05, 0.1) is 11.3 Å². The summed E-state index contributed by atoms with van der Waals surface area (Å²) in [6, 6.07) is 30.4. The second-order valence-corrected chi connectivity index (χ2v) is 8.84. The quantitative estimate of drug-likeness (QED) is 0.262. The molecular weight excluding hydrogens is 492 g/mol. The van der Waals surface area contributed by atoms with Gasteiger partial charge in [0.2, 0.25) is 0 Å². The highest BCUT2D eigenvalue weighted by atomic mass is 16.2. The smallest absolute Gasteiger partial charge is 0.269 e. The molecule has 0 aliphatic rings. The maximum absolute atomic E-state index is 13.4. The lowest BCUT2D eigenvalue weighted by Gasteiger charge is -2.20. The third-order valence-corrected chi connectivity index (χ3v) is 6.05. The molecule has 0 aliphatic heterocycles. The number of hydrogen-bond acceptors (Lipinski definition) is 4. The van der Waals surface area contributed by atoms with Crippen molar-refractivity contribution >= 4 is 29.3 Å². The van der Waals surface area contributed by atoms with Gasteiger partial charge in [0.15, 0.2) is 0 Å². The van der Waals surface area contributed by atoms with Crippen molar-refractivity contribution in [2.24, 2.45) is 0 Å². The van der Waals surface area contributed by atoms with E-state index in [1.807, 2.05) is 36.4 Å².